The maximum absolute atomic E-state index is 13.0. The normalized spacial score (nSPS) is 25.4. The van der Waals surface area contributed by atoms with E-state index < -0.39 is 45.6 Å². The van der Waals surface area contributed by atoms with Gasteiger partial charge in [-0.1, -0.05) is 33.6 Å². The van der Waals surface area contributed by atoms with Crippen LogP contribution in [0.5, 0.6) is 0 Å². The van der Waals surface area contributed by atoms with Crippen LogP contribution >= 0.6 is 0 Å². The van der Waals surface area contributed by atoms with Crippen molar-refractivity contribution in [2.75, 3.05) is 6.54 Å². The minimum atomic E-state index is -4.91. The Bertz CT molecular complexity index is 827. The molecular weight excluding hydrogens is 478 g/mol. The molecular formula is C23H41N3O8S. The summed E-state index contributed by atoms with van der Waals surface area (Å²) in [6.45, 7) is 6.26. The third kappa shape index (κ3) is 9.57. The summed E-state index contributed by atoms with van der Waals surface area (Å²) >= 11 is 0. The average molecular weight is 520 g/mol. The van der Waals surface area contributed by atoms with Crippen molar-refractivity contribution in [2.24, 2.45) is 17.8 Å². The van der Waals surface area contributed by atoms with Crippen molar-refractivity contribution in [3.05, 3.63) is 0 Å². The lowest BCUT2D eigenvalue weighted by molar-refractivity contribution is -0.126. The molecule has 4 atom stereocenters. The van der Waals surface area contributed by atoms with Crippen LogP contribution in [0.25, 0.3) is 0 Å². The summed E-state index contributed by atoms with van der Waals surface area (Å²) in [5.41, 5.74) is -2.31. The van der Waals surface area contributed by atoms with E-state index in [9.17, 15) is 32.5 Å². The van der Waals surface area contributed by atoms with Crippen LogP contribution in [0, 0.1) is 17.8 Å². The standard InChI is InChI=1S/C23H41N3O8S/c1-4-5-15-6-8-17(9-7-15)34-23(30)26-18(12-14(2)3)21(28)25-19(22(29)35(31,32)33)13-16-10-11-24-20(16)27/h14-19,22,29H,4-13H2,1-3H3,(H,24,27)(H,25,28)(H,26,30)(H,31,32,33). The number of nitrogens with one attached hydrogen (secondary N) is 3. The van der Waals surface area contributed by atoms with Crippen LogP contribution in [0.3, 0.4) is 0 Å². The molecule has 12 heteroatoms. The van der Waals surface area contributed by atoms with Gasteiger partial charge in [-0.25, -0.2) is 4.79 Å². The molecule has 4 unspecified atom stereocenters. The Morgan fingerprint density at radius 1 is 1.14 bits per heavy atom. The Labute approximate surface area is 207 Å². The Kier molecular flexibility index (Phi) is 11.2. The molecule has 1 aliphatic heterocycles. The van der Waals surface area contributed by atoms with Crippen molar-refractivity contribution in [3.63, 3.8) is 0 Å². The number of alkyl carbamates (subject to hydrolysis) is 1. The number of ether oxygens (including phenoxy) is 1. The van der Waals surface area contributed by atoms with E-state index in [1.54, 1.807) is 0 Å². The van der Waals surface area contributed by atoms with Crippen LogP contribution in [-0.2, 0) is 24.4 Å². The zero-order chi connectivity index (χ0) is 26.2. The monoisotopic (exact) mass is 519 g/mol. The van der Waals surface area contributed by atoms with Gasteiger partial charge in [0, 0.05) is 12.5 Å². The van der Waals surface area contributed by atoms with Crippen LogP contribution in [0.15, 0.2) is 0 Å². The first-order valence-corrected chi connectivity index (χ1v) is 14.1. The number of aliphatic hydroxyl groups excluding tert-OH is 1. The lowest BCUT2D eigenvalue weighted by Crippen LogP contribution is -2.55. The second-order valence-electron chi connectivity index (χ2n) is 10.2. The quantitative estimate of drug-likeness (QED) is 0.242. The fourth-order valence-corrected chi connectivity index (χ4v) is 5.49. The highest BCUT2D eigenvalue weighted by Gasteiger charge is 2.38. The first kappa shape index (κ1) is 29.3. The number of amides is 3. The fourth-order valence-electron chi connectivity index (χ4n) is 4.89. The van der Waals surface area contributed by atoms with Crippen molar-refractivity contribution in [1.82, 2.24) is 16.0 Å². The second kappa shape index (κ2) is 13.4. The summed E-state index contributed by atoms with van der Waals surface area (Å²) in [7, 11) is -4.91. The first-order valence-electron chi connectivity index (χ1n) is 12.6. The van der Waals surface area contributed by atoms with E-state index in [1.165, 1.54) is 0 Å². The molecule has 0 aromatic rings. The molecule has 2 rings (SSSR count). The average Bonchev–Trinajstić information content (AvgIpc) is 3.17. The highest BCUT2D eigenvalue weighted by molar-refractivity contribution is 7.86. The van der Waals surface area contributed by atoms with Gasteiger partial charge < -0.3 is 25.8 Å². The van der Waals surface area contributed by atoms with Crippen molar-refractivity contribution in [1.29, 1.82) is 0 Å². The maximum atomic E-state index is 13.0. The molecule has 0 radical (unpaired) electrons. The number of aliphatic hydroxyl groups is 1. The molecule has 1 saturated carbocycles. The molecule has 2 fully saturated rings. The van der Waals surface area contributed by atoms with Crippen LogP contribution in [0.2, 0.25) is 0 Å². The van der Waals surface area contributed by atoms with Gasteiger partial charge in [-0.15, -0.1) is 0 Å². The molecule has 1 aliphatic carbocycles. The summed E-state index contributed by atoms with van der Waals surface area (Å²) < 4.78 is 38.1. The molecule has 202 valence electrons. The van der Waals surface area contributed by atoms with E-state index >= 15 is 0 Å². The highest BCUT2D eigenvalue weighted by atomic mass is 32.2. The maximum Gasteiger partial charge on any atom is 0.408 e. The van der Waals surface area contributed by atoms with Gasteiger partial charge in [-0.05, 0) is 56.8 Å². The van der Waals surface area contributed by atoms with E-state index in [1.807, 2.05) is 13.8 Å². The molecule has 1 saturated heterocycles. The molecule has 5 N–H and O–H groups in total. The minimum Gasteiger partial charge on any atom is -0.446 e. The first-order chi connectivity index (χ1) is 16.4. The third-order valence-electron chi connectivity index (χ3n) is 6.76. The van der Waals surface area contributed by atoms with Crippen molar-refractivity contribution < 1.29 is 37.2 Å². The number of hydrogen-bond acceptors (Lipinski definition) is 7. The van der Waals surface area contributed by atoms with E-state index in [0.717, 1.165) is 38.5 Å². The number of hydrogen-bond donors (Lipinski definition) is 5. The molecule has 0 spiro atoms. The molecule has 11 nitrogen and oxygen atoms in total. The van der Waals surface area contributed by atoms with E-state index in [2.05, 4.69) is 22.9 Å². The van der Waals surface area contributed by atoms with Crippen LogP contribution in [-0.4, -0.2) is 66.2 Å². The smallest absolute Gasteiger partial charge is 0.408 e. The molecule has 3 amide bonds. The van der Waals surface area contributed by atoms with Gasteiger partial charge in [0.2, 0.25) is 17.3 Å². The van der Waals surface area contributed by atoms with Gasteiger partial charge in [0.25, 0.3) is 10.1 Å². The Balaban J connectivity index is 2.03. The summed E-state index contributed by atoms with van der Waals surface area (Å²) in [5.74, 6) is -1.02. The topological polar surface area (TPSA) is 171 Å². The predicted octanol–water partition coefficient (Wildman–Crippen LogP) is 1.70. The van der Waals surface area contributed by atoms with Gasteiger partial charge >= 0.3 is 6.09 Å². The largest absolute Gasteiger partial charge is 0.446 e. The predicted molar refractivity (Wildman–Crippen MR) is 129 cm³/mol. The van der Waals surface area contributed by atoms with Crippen LogP contribution < -0.4 is 16.0 Å². The molecule has 0 bridgehead atoms. The molecule has 2 aliphatic rings. The summed E-state index contributed by atoms with van der Waals surface area (Å²) in [6, 6.07) is -2.49. The SMILES string of the molecule is CCCC1CCC(OC(=O)NC(CC(C)C)C(=O)NC(CC2CCNC2=O)C(O)S(=O)(=O)O)CC1. The second-order valence-corrected chi connectivity index (χ2v) is 11.7. The molecule has 0 aromatic carbocycles. The Hall–Kier alpha value is -1.92. The molecule has 0 aromatic heterocycles. The zero-order valence-electron chi connectivity index (χ0n) is 20.9. The minimum absolute atomic E-state index is 0.00101. The number of carbonyl (C=O) groups excluding carboxylic acids is 3. The van der Waals surface area contributed by atoms with Crippen molar-refractivity contribution in [2.45, 2.75) is 102 Å². The Morgan fingerprint density at radius 3 is 2.31 bits per heavy atom. The van der Waals surface area contributed by atoms with Gasteiger partial charge in [-0.3, -0.25) is 14.1 Å². The van der Waals surface area contributed by atoms with Gasteiger partial charge in [0.05, 0.1) is 6.04 Å². The lowest BCUT2D eigenvalue weighted by Gasteiger charge is -2.30. The molecule has 1 heterocycles. The zero-order valence-corrected chi connectivity index (χ0v) is 21.7. The number of rotatable bonds is 12. The van der Waals surface area contributed by atoms with E-state index in [-0.39, 0.29) is 30.8 Å². The number of carbonyl (C=O) groups is 3. The fraction of sp³-hybridized carbons (Fsp3) is 0.870. The van der Waals surface area contributed by atoms with Gasteiger partial charge in [0.1, 0.15) is 12.1 Å². The molecule has 35 heavy (non-hydrogen) atoms. The summed E-state index contributed by atoms with van der Waals surface area (Å²) in [4.78, 5) is 37.6. The van der Waals surface area contributed by atoms with Crippen molar-refractivity contribution in [3.8, 4) is 0 Å². The summed E-state index contributed by atoms with van der Waals surface area (Å²) in [5, 5.41) is 17.8. The Morgan fingerprint density at radius 2 is 1.80 bits per heavy atom. The van der Waals surface area contributed by atoms with Gasteiger partial charge in [0.15, 0.2) is 0 Å². The van der Waals surface area contributed by atoms with E-state index in [4.69, 9.17) is 4.74 Å². The van der Waals surface area contributed by atoms with E-state index in [0.29, 0.717) is 18.9 Å². The van der Waals surface area contributed by atoms with Gasteiger partial charge in [-0.2, -0.15) is 8.42 Å². The van der Waals surface area contributed by atoms with Crippen LogP contribution in [0.1, 0.15) is 78.6 Å². The third-order valence-corrected chi connectivity index (χ3v) is 7.70. The van der Waals surface area contributed by atoms with Crippen LogP contribution in [0.4, 0.5) is 4.79 Å². The highest BCUT2D eigenvalue weighted by Crippen LogP contribution is 2.29. The lowest BCUT2D eigenvalue weighted by atomic mass is 9.85. The summed E-state index contributed by atoms with van der Waals surface area (Å²) in [6.07, 6.45) is 5.32. The van der Waals surface area contributed by atoms with Crippen molar-refractivity contribution >= 4 is 28.0 Å².